The van der Waals surface area contributed by atoms with Gasteiger partial charge in [-0.3, -0.25) is 4.98 Å². The predicted molar refractivity (Wildman–Crippen MR) is 58.5 cm³/mol. The molecule has 0 aliphatic rings. The number of aromatic nitrogens is 2. The molecule has 2 rings (SSSR count). The quantitative estimate of drug-likeness (QED) is 0.831. The molecule has 0 saturated carbocycles. The Morgan fingerprint density at radius 2 is 2.36 bits per heavy atom. The second kappa shape index (κ2) is 4.72. The maximum absolute atomic E-state index is 4.14. The Labute approximate surface area is 86.8 Å². The zero-order valence-electron chi connectivity index (χ0n) is 7.68. The van der Waals surface area contributed by atoms with E-state index in [1.807, 2.05) is 17.6 Å². The third-order valence-electron chi connectivity index (χ3n) is 1.85. The molecule has 0 atom stereocenters. The van der Waals surface area contributed by atoms with Gasteiger partial charge in [-0.15, -0.1) is 11.3 Å². The van der Waals surface area contributed by atoms with Crippen LogP contribution < -0.4 is 5.32 Å². The molecule has 0 aliphatic heterocycles. The molecule has 0 bridgehead atoms. The van der Waals surface area contributed by atoms with E-state index in [0.29, 0.717) is 0 Å². The fraction of sp³-hybridized carbons (Fsp3) is 0.200. The molecule has 0 aliphatic carbocycles. The number of rotatable bonds is 4. The first-order chi connectivity index (χ1) is 6.95. The van der Waals surface area contributed by atoms with Crippen molar-refractivity contribution in [3.05, 3.63) is 41.7 Å². The SMILES string of the molecule is c1cncc(CCNc2nccs2)c1. The molecule has 3 nitrogen and oxygen atoms in total. The van der Waals surface area contributed by atoms with Crippen LogP contribution in [0.25, 0.3) is 0 Å². The lowest BCUT2D eigenvalue weighted by molar-refractivity contribution is 1.00. The van der Waals surface area contributed by atoms with Crippen LogP contribution in [0, 0.1) is 0 Å². The summed E-state index contributed by atoms with van der Waals surface area (Å²) in [6.07, 6.45) is 6.46. The van der Waals surface area contributed by atoms with Gasteiger partial charge in [0.1, 0.15) is 0 Å². The fourth-order valence-corrected chi connectivity index (χ4v) is 1.73. The minimum atomic E-state index is 0.902. The standard InChI is InChI=1S/C10H11N3S/c1-2-9(8-11-4-1)3-5-12-10-13-6-7-14-10/h1-2,4,6-8H,3,5H2,(H,12,13). The van der Waals surface area contributed by atoms with E-state index < -0.39 is 0 Å². The molecule has 0 unspecified atom stereocenters. The lowest BCUT2D eigenvalue weighted by atomic mass is 10.2. The number of thiazole rings is 1. The fourth-order valence-electron chi connectivity index (χ4n) is 1.17. The van der Waals surface area contributed by atoms with E-state index in [1.165, 1.54) is 5.56 Å². The topological polar surface area (TPSA) is 37.8 Å². The van der Waals surface area contributed by atoms with Crippen molar-refractivity contribution in [2.45, 2.75) is 6.42 Å². The van der Waals surface area contributed by atoms with Crippen LogP contribution in [0.3, 0.4) is 0 Å². The van der Waals surface area contributed by atoms with Gasteiger partial charge in [-0.25, -0.2) is 4.98 Å². The van der Waals surface area contributed by atoms with Gasteiger partial charge in [0.05, 0.1) is 0 Å². The van der Waals surface area contributed by atoms with Crippen molar-refractivity contribution in [3.63, 3.8) is 0 Å². The first-order valence-corrected chi connectivity index (χ1v) is 5.35. The van der Waals surface area contributed by atoms with Crippen molar-refractivity contribution in [1.29, 1.82) is 0 Å². The van der Waals surface area contributed by atoms with Crippen LogP contribution in [0.15, 0.2) is 36.1 Å². The second-order valence-electron chi connectivity index (χ2n) is 2.88. The Kier molecular flexibility index (Phi) is 3.08. The van der Waals surface area contributed by atoms with Gasteiger partial charge in [0.15, 0.2) is 5.13 Å². The molecular weight excluding hydrogens is 194 g/mol. The van der Waals surface area contributed by atoms with Crippen molar-refractivity contribution in [2.24, 2.45) is 0 Å². The lowest BCUT2D eigenvalue weighted by Crippen LogP contribution is -2.04. The number of hydrogen-bond acceptors (Lipinski definition) is 4. The Morgan fingerprint density at radius 3 is 3.07 bits per heavy atom. The van der Waals surface area contributed by atoms with E-state index in [9.17, 15) is 0 Å². The summed E-state index contributed by atoms with van der Waals surface area (Å²) in [6.45, 7) is 0.902. The van der Waals surface area contributed by atoms with Gasteiger partial charge in [-0.05, 0) is 18.1 Å². The van der Waals surface area contributed by atoms with Crippen LogP contribution in [0.2, 0.25) is 0 Å². The van der Waals surface area contributed by atoms with Gasteiger partial charge in [-0.1, -0.05) is 6.07 Å². The Hall–Kier alpha value is -1.42. The van der Waals surface area contributed by atoms with Crippen LogP contribution >= 0.6 is 11.3 Å². The van der Waals surface area contributed by atoms with E-state index in [2.05, 4.69) is 21.4 Å². The summed E-state index contributed by atoms with van der Waals surface area (Å²) in [5.41, 5.74) is 1.25. The summed E-state index contributed by atoms with van der Waals surface area (Å²) >= 11 is 1.62. The Balaban J connectivity index is 1.79. The van der Waals surface area contributed by atoms with E-state index >= 15 is 0 Å². The molecule has 0 spiro atoms. The highest BCUT2D eigenvalue weighted by Gasteiger charge is 1.94. The minimum Gasteiger partial charge on any atom is -0.361 e. The van der Waals surface area contributed by atoms with Crippen molar-refractivity contribution in [3.8, 4) is 0 Å². The summed E-state index contributed by atoms with van der Waals surface area (Å²) < 4.78 is 0. The van der Waals surface area contributed by atoms with Gasteiger partial charge in [0.2, 0.25) is 0 Å². The smallest absolute Gasteiger partial charge is 0.182 e. The van der Waals surface area contributed by atoms with Crippen molar-refractivity contribution >= 4 is 16.5 Å². The average Bonchev–Trinajstić information content (AvgIpc) is 2.72. The highest BCUT2D eigenvalue weighted by atomic mass is 32.1. The highest BCUT2D eigenvalue weighted by molar-refractivity contribution is 7.13. The molecular formula is C10H11N3S. The van der Waals surface area contributed by atoms with E-state index in [-0.39, 0.29) is 0 Å². The van der Waals surface area contributed by atoms with Gasteiger partial charge >= 0.3 is 0 Å². The van der Waals surface area contributed by atoms with Crippen molar-refractivity contribution < 1.29 is 0 Å². The second-order valence-corrected chi connectivity index (χ2v) is 3.77. The molecule has 1 N–H and O–H groups in total. The summed E-state index contributed by atoms with van der Waals surface area (Å²) in [5.74, 6) is 0. The molecule has 0 fully saturated rings. The number of hydrogen-bond donors (Lipinski definition) is 1. The molecule has 4 heteroatoms. The zero-order chi connectivity index (χ0) is 9.64. The van der Waals surface area contributed by atoms with Gasteiger partial charge in [-0.2, -0.15) is 0 Å². The van der Waals surface area contributed by atoms with Gasteiger partial charge in [0, 0.05) is 30.5 Å². The van der Waals surface area contributed by atoms with E-state index in [4.69, 9.17) is 0 Å². The number of nitrogens with zero attached hydrogens (tertiary/aromatic N) is 2. The first-order valence-electron chi connectivity index (χ1n) is 4.47. The first kappa shape index (κ1) is 9.15. The normalized spacial score (nSPS) is 10.0. The maximum atomic E-state index is 4.14. The summed E-state index contributed by atoms with van der Waals surface area (Å²) in [7, 11) is 0. The number of anilines is 1. The maximum Gasteiger partial charge on any atom is 0.182 e. The molecule has 0 saturated heterocycles. The molecule has 0 aromatic carbocycles. The number of nitrogens with one attached hydrogen (secondary N) is 1. The summed E-state index contributed by atoms with van der Waals surface area (Å²) in [5, 5.41) is 6.20. The molecule has 0 radical (unpaired) electrons. The summed E-state index contributed by atoms with van der Waals surface area (Å²) in [4.78, 5) is 8.20. The average molecular weight is 205 g/mol. The lowest BCUT2D eigenvalue weighted by Gasteiger charge is -2.01. The van der Waals surface area contributed by atoms with Crippen molar-refractivity contribution in [1.82, 2.24) is 9.97 Å². The zero-order valence-corrected chi connectivity index (χ0v) is 8.50. The predicted octanol–water partition coefficient (Wildman–Crippen LogP) is 2.19. The van der Waals surface area contributed by atoms with Crippen LogP contribution in [-0.4, -0.2) is 16.5 Å². The van der Waals surface area contributed by atoms with Crippen LogP contribution in [0.4, 0.5) is 5.13 Å². The molecule has 14 heavy (non-hydrogen) atoms. The van der Waals surface area contributed by atoms with Crippen molar-refractivity contribution in [2.75, 3.05) is 11.9 Å². The largest absolute Gasteiger partial charge is 0.361 e. The van der Waals surface area contributed by atoms with Gasteiger partial charge < -0.3 is 5.32 Å². The van der Waals surface area contributed by atoms with Gasteiger partial charge in [0.25, 0.3) is 0 Å². The monoisotopic (exact) mass is 205 g/mol. The molecule has 0 amide bonds. The molecule has 2 aromatic heterocycles. The minimum absolute atomic E-state index is 0.902. The Morgan fingerprint density at radius 1 is 1.36 bits per heavy atom. The van der Waals surface area contributed by atoms with Crippen LogP contribution in [0.5, 0.6) is 0 Å². The van der Waals surface area contributed by atoms with E-state index in [0.717, 1.165) is 18.1 Å². The van der Waals surface area contributed by atoms with Crippen LogP contribution in [0.1, 0.15) is 5.56 Å². The highest BCUT2D eigenvalue weighted by Crippen LogP contribution is 2.09. The summed E-state index contributed by atoms with van der Waals surface area (Å²) in [6, 6.07) is 4.04. The molecule has 2 heterocycles. The van der Waals surface area contributed by atoms with Crippen LogP contribution in [-0.2, 0) is 6.42 Å². The molecule has 72 valence electrons. The number of pyridine rings is 1. The third-order valence-corrected chi connectivity index (χ3v) is 2.58. The molecule has 2 aromatic rings. The Bertz CT molecular complexity index is 358. The third kappa shape index (κ3) is 2.53. The van der Waals surface area contributed by atoms with E-state index in [1.54, 1.807) is 23.7 Å².